The summed E-state index contributed by atoms with van der Waals surface area (Å²) in [5.74, 6) is 0. The SMILES string of the molecule is CCCCOCCO[Si](OCCOCCCC)(OCCOCCCC)C1CCCC1. The molecule has 0 unspecified atom stereocenters. The van der Waals surface area contributed by atoms with Gasteiger partial charge in [-0.1, -0.05) is 52.9 Å². The van der Waals surface area contributed by atoms with E-state index < -0.39 is 8.80 Å². The van der Waals surface area contributed by atoms with Crippen LogP contribution in [0.5, 0.6) is 0 Å². The van der Waals surface area contributed by atoms with Crippen molar-refractivity contribution in [2.75, 3.05) is 59.5 Å². The summed E-state index contributed by atoms with van der Waals surface area (Å²) in [6.45, 7) is 12.2. The molecule has 0 aliphatic heterocycles. The van der Waals surface area contributed by atoms with Crippen LogP contribution in [0.1, 0.15) is 85.0 Å². The Morgan fingerprint density at radius 2 is 0.900 bits per heavy atom. The van der Waals surface area contributed by atoms with E-state index in [0.717, 1.165) is 71.2 Å². The van der Waals surface area contributed by atoms with Gasteiger partial charge in [-0.2, -0.15) is 0 Å². The normalized spacial score (nSPS) is 15.3. The topological polar surface area (TPSA) is 55.4 Å². The first kappa shape index (κ1) is 28.0. The fourth-order valence-electron chi connectivity index (χ4n) is 3.53. The standard InChI is InChI=1S/C23H48O6Si/c1-4-7-14-24-17-20-27-30(23-12-10-11-13-23,28-21-18-25-15-8-5-2)29-22-19-26-16-9-6-3/h23H,4-22H2,1-3H3. The molecule has 0 aromatic heterocycles. The van der Waals surface area contributed by atoms with Gasteiger partial charge in [0.2, 0.25) is 0 Å². The fourth-order valence-corrected chi connectivity index (χ4v) is 6.71. The first-order valence-corrected chi connectivity index (χ1v) is 14.2. The third kappa shape index (κ3) is 12.7. The highest BCUT2D eigenvalue weighted by molar-refractivity contribution is 6.62. The Morgan fingerprint density at radius 1 is 0.533 bits per heavy atom. The van der Waals surface area contributed by atoms with Gasteiger partial charge in [0.05, 0.1) is 39.6 Å². The molecular weight excluding hydrogens is 400 g/mol. The minimum absolute atomic E-state index is 0.374. The van der Waals surface area contributed by atoms with E-state index in [0.29, 0.717) is 45.2 Å². The lowest BCUT2D eigenvalue weighted by Gasteiger charge is -2.34. The molecule has 30 heavy (non-hydrogen) atoms. The molecule has 0 saturated heterocycles. The molecule has 1 aliphatic carbocycles. The molecule has 0 aromatic carbocycles. The third-order valence-corrected chi connectivity index (χ3v) is 8.77. The van der Waals surface area contributed by atoms with Crippen LogP contribution in [0.15, 0.2) is 0 Å². The van der Waals surface area contributed by atoms with Crippen LogP contribution in [-0.2, 0) is 27.5 Å². The molecule has 0 amide bonds. The van der Waals surface area contributed by atoms with E-state index in [4.69, 9.17) is 27.5 Å². The van der Waals surface area contributed by atoms with E-state index in [1.807, 2.05) is 0 Å². The Balaban J connectivity index is 2.56. The highest BCUT2D eigenvalue weighted by atomic mass is 28.4. The summed E-state index contributed by atoms with van der Waals surface area (Å²) < 4.78 is 36.3. The summed E-state index contributed by atoms with van der Waals surface area (Å²) >= 11 is 0. The van der Waals surface area contributed by atoms with Gasteiger partial charge < -0.3 is 27.5 Å². The first-order chi connectivity index (χ1) is 14.8. The van der Waals surface area contributed by atoms with Crippen molar-refractivity contribution >= 4 is 8.80 Å². The lowest BCUT2D eigenvalue weighted by Crippen LogP contribution is -2.51. The molecule has 0 aromatic rings. The summed E-state index contributed by atoms with van der Waals surface area (Å²) in [4.78, 5) is 0. The molecule has 0 heterocycles. The Bertz CT molecular complexity index is 325. The molecule has 1 rings (SSSR count). The minimum atomic E-state index is -2.81. The number of hydrogen-bond donors (Lipinski definition) is 0. The van der Waals surface area contributed by atoms with Crippen LogP contribution in [0.2, 0.25) is 5.54 Å². The van der Waals surface area contributed by atoms with Gasteiger partial charge >= 0.3 is 8.80 Å². The molecule has 1 aliphatic rings. The first-order valence-electron chi connectivity index (χ1n) is 12.4. The Kier molecular flexibility index (Phi) is 18.3. The minimum Gasteiger partial charge on any atom is -0.379 e. The van der Waals surface area contributed by atoms with Crippen LogP contribution in [0, 0.1) is 0 Å². The van der Waals surface area contributed by atoms with Gasteiger partial charge in [-0.15, -0.1) is 0 Å². The molecule has 0 atom stereocenters. The maximum atomic E-state index is 6.41. The van der Waals surface area contributed by atoms with Gasteiger partial charge in [-0.3, -0.25) is 0 Å². The second kappa shape index (κ2) is 19.6. The quantitative estimate of drug-likeness (QED) is 0.164. The molecule has 0 N–H and O–H groups in total. The smallest absolute Gasteiger partial charge is 0.379 e. The monoisotopic (exact) mass is 448 g/mol. The largest absolute Gasteiger partial charge is 0.504 e. The van der Waals surface area contributed by atoms with Crippen molar-refractivity contribution in [1.82, 2.24) is 0 Å². The Labute approximate surface area is 186 Å². The van der Waals surface area contributed by atoms with Crippen molar-refractivity contribution in [1.29, 1.82) is 0 Å². The van der Waals surface area contributed by atoms with Crippen molar-refractivity contribution in [3.05, 3.63) is 0 Å². The molecule has 180 valence electrons. The summed E-state index contributed by atoms with van der Waals surface area (Å²) in [6, 6.07) is 0. The van der Waals surface area contributed by atoms with E-state index in [2.05, 4.69) is 20.8 Å². The summed E-state index contributed by atoms with van der Waals surface area (Å²) in [5.41, 5.74) is 0.374. The molecule has 1 fully saturated rings. The Hall–Kier alpha value is -0.0231. The van der Waals surface area contributed by atoms with Gasteiger partial charge in [0.25, 0.3) is 0 Å². The summed E-state index contributed by atoms with van der Waals surface area (Å²) in [6.07, 6.45) is 11.4. The average Bonchev–Trinajstić information content (AvgIpc) is 3.30. The molecule has 7 heteroatoms. The van der Waals surface area contributed by atoms with E-state index in [1.54, 1.807) is 0 Å². The maximum Gasteiger partial charge on any atom is 0.504 e. The predicted octanol–water partition coefficient (Wildman–Crippen LogP) is 5.37. The second-order valence-electron chi connectivity index (χ2n) is 8.03. The number of hydrogen-bond acceptors (Lipinski definition) is 6. The molecule has 0 spiro atoms. The maximum absolute atomic E-state index is 6.41. The van der Waals surface area contributed by atoms with Gasteiger partial charge in [0, 0.05) is 25.4 Å². The van der Waals surface area contributed by atoms with Gasteiger partial charge in [0.15, 0.2) is 0 Å². The molecule has 1 saturated carbocycles. The molecule has 0 bridgehead atoms. The summed E-state index contributed by atoms with van der Waals surface area (Å²) in [7, 11) is -2.81. The molecular formula is C23H48O6Si. The fraction of sp³-hybridized carbons (Fsp3) is 1.00. The lowest BCUT2D eigenvalue weighted by molar-refractivity contribution is -0.00555. The van der Waals surface area contributed by atoms with E-state index >= 15 is 0 Å². The van der Waals surface area contributed by atoms with Crippen LogP contribution in [0.3, 0.4) is 0 Å². The lowest BCUT2D eigenvalue weighted by atomic mass is 10.4. The number of unbranched alkanes of at least 4 members (excludes halogenated alkanes) is 3. The summed E-state index contributed by atoms with van der Waals surface area (Å²) in [5, 5.41) is 0. The highest BCUT2D eigenvalue weighted by Crippen LogP contribution is 2.40. The van der Waals surface area contributed by atoms with E-state index in [-0.39, 0.29) is 0 Å². The van der Waals surface area contributed by atoms with Crippen LogP contribution >= 0.6 is 0 Å². The van der Waals surface area contributed by atoms with Crippen molar-refractivity contribution in [3.8, 4) is 0 Å². The highest BCUT2D eigenvalue weighted by Gasteiger charge is 2.50. The number of ether oxygens (including phenoxy) is 3. The van der Waals surface area contributed by atoms with Crippen molar-refractivity contribution in [2.45, 2.75) is 90.5 Å². The Morgan fingerprint density at radius 3 is 1.23 bits per heavy atom. The number of rotatable bonds is 22. The third-order valence-electron chi connectivity index (χ3n) is 5.37. The molecule has 6 nitrogen and oxygen atoms in total. The average molecular weight is 449 g/mol. The van der Waals surface area contributed by atoms with Gasteiger partial charge in [0.1, 0.15) is 0 Å². The zero-order chi connectivity index (χ0) is 21.8. The van der Waals surface area contributed by atoms with Crippen LogP contribution < -0.4 is 0 Å². The zero-order valence-corrected chi connectivity index (χ0v) is 21.0. The van der Waals surface area contributed by atoms with Crippen molar-refractivity contribution in [2.24, 2.45) is 0 Å². The zero-order valence-electron chi connectivity index (χ0n) is 20.0. The van der Waals surface area contributed by atoms with Crippen LogP contribution in [-0.4, -0.2) is 68.3 Å². The second-order valence-corrected chi connectivity index (χ2v) is 10.9. The van der Waals surface area contributed by atoms with E-state index in [1.165, 1.54) is 12.8 Å². The predicted molar refractivity (Wildman–Crippen MR) is 123 cm³/mol. The van der Waals surface area contributed by atoms with Gasteiger partial charge in [-0.25, -0.2) is 0 Å². The van der Waals surface area contributed by atoms with Crippen molar-refractivity contribution in [3.63, 3.8) is 0 Å². The van der Waals surface area contributed by atoms with Crippen molar-refractivity contribution < 1.29 is 27.5 Å². The van der Waals surface area contributed by atoms with Gasteiger partial charge in [-0.05, 0) is 32.1 Å². The molecule has 0 radical (unpaired) electrons. The van der Waals surface area contributed by atoms with Crippen LogP contribution in [0.4, 0.5) is 0 Å². The van der Waals surface area contributed by atoms with E-state index in [9.17, 15) is 0 Å². The van der Waals surface area contributed by atoms with Crippen LogP contribution in [0.25, 0.3) is 0 Å².